The van der Waals surface area contributed by atoms with Crippen molar-refractivity contribution in [3.63, 3.8) is 0 Å². The summed E-state index contributed by atoms with van der Waals surface area (Å²) in [5.74, 6) is -0.321. The van der Waals surface area contributed by atoms with Crippen LogP contribution in [0.2, 0.25) is 0 Å². The van der Waals surface area contributed by atoms with Gasteiger partial charge >= 0.3 is 0 Å². The van der Waals surface area contributed by atoms with Crippen molar-refractivity contribution in [3.05, 3.63) is 20.8 Å². The Morgan fingerprint density at radius 3 is 2.87 bits per heavy atom. The fourth-order valence-corrected chi connectivity index (χ4v) is 3.91. The van der Waals surface area contributed by atoms with Crippen molar-refractivity contribution in [2.45, 2.75) is 18.4 Å². The number of allylic oxidation sites excluding steroid dienone is 1. The Labute approximate surface area is 150 Å². The van der Waals surface area contributed by atoms with E-state index in [9.17, 15) is 9.59 Å². The van der Waals surface area contributed by atoms with Crippen molar-refractivity contribution >= 4 is 49.3 Å². The van der Waals surface area contributed by atoms with Gasteiger partial charge in [0.2, 0.25) is 11.4 Å². The highest BCUT2D eigenvalue weighted by Gasteiger charge is 2.50. The Balaban J connectivity index is 2.05. The molecule has 1 atom stereocenters. The molecule has 23 heavy (non-hydrogen) atoms. The van der Waals surface area contributed by atoms with E-state index in [2.05, 4.69) is 42.3 Å². The van der Waals surface area contributed by atoms with Crippen LogP contribution in [-0.4, -0.2) is 50.4 Å². The van der Waals surface area contributed by atoms with Gasteiger partial charge in [-0.3, -0.25) is 9.59 Å². The zero-order valence-electron chi connectivity index (χ0n) is 12.7. The van der Waals surface area contributed by atoms with Gasteiger partial charge in [0.15, 0.2) is 5.76 Å². The number of amides is 1. The quantitative estimate of drug-likeness (QED) is 0.622. The van der Waals surface area contributed by atoms with Crippen LogP contribution in [0.25, 0.3) is 0 Å². The van der Waals surface area contributed by atoms with Crippen LogP contribution in [0, 0.1) is 0 Å². The van der Waals surface area contributed by atoms with Gasteiger partial charge in [0.1, 0.15) is 10.2 Å². The predicted molar refractivity (Wildman–Crippen MR) is 90.3 cm³/mol. The van der Waals surface area contributed by atoms with Crippen molar-refractivity contribution in [1.82, 2.24) is 5.32 Å². The largest absolute Gasteiger partial charge is 0.494 e. The zero-order valence-corrected chi connectivity index (χ0v) is 15.8. The Morgan fingerprint density at radius 1 is 1.48 bits per heavy atom. The molecular weight excluding hydrogens is 436 g/mol. The number of nitrogens with zero attached hydrogens (tertiary/aromatic N) is 1. The summed E-state index contributed by atoms with van der Waals surface area (Å²) in [7, 11) is 3.06. The third-order valence-electron chi connectivity index (χ3n) is 3.39. The Morgan fingerprint density at radius 2 is 2.22 bits per heavy atom. The predicted octanol–water partition coefficient (Wildman–Crippen LogP) is 1.77. The number of carbonyl (C=O) groups is 2. The number of ketones is 1. The molecule has 0 aromatic carbocycles. The first-order valence-corrected chi connectivity index (χ1v) is 8.43. The molecule has 0 fully saturated rings. The fourth-order valence-electron chi connectivity index (χ4n) is 2.21. The molecule has 126 valence electrons. The second kappa shape index (κ2) is 7.59. The van der Waals surface area contributed by atoms with Crippen LogP contribution in [0.4, 0.5) is 0 Å². The van der Waals surface area contributed by atoms with Gasteiger partial charge in [0.25, 0.3) is 5.91 Å². The molecule has 0 saturated heterocycles. The molecular formula is C14H16Br2N2O5. The van der Waals surface area contributed by atoms with E-state index in [4.69, 9.17) is 14.3 Å². The van der Waals surface area contributed by atoms with E-state index in [1.165, 1.54) is 7.11 Å². The van der Waals surface area contributed by atoms with E-state index in [-0.39, 0.29) is 28.3 Å². The molecule has 0 saturated carbocycles. The van der Waals surface area contributed by atoms with E-state index in [0.29, 0.717) is 29.8 Å². The molecule has 1 unspecified atom stereocenters. The fraction of sp³-hybridized carbons (Fsp3) is 0.500. The minimum atomic E-state index is -1.32. The first-order valence-electron chi connectivity index (χ1n) is 6.84. The van der Waals surface area contributed by atoms with E-state index in [1.54, 1.807) is 13.2 Å². The number of nitrogens with one attached hydrogen (secondary N) is 1. The van der Waals surface area contributed by atoms with Gasteiger partial charge in [-0.1, -0.05) is 5.16 Å². The Hall–Kier alpha value is -1.19. The highest BCUT2D eigenvalue weighted by atomic mass is 79.9. The lowest BCUT2D eigenvalue weighted by molar-refractivity contribution is -0.131. The van der Waals surface area contributed by atoms with E-state index < -0.39 is 5.60 Å². The summed E-state index contributed by atoms with van der Waals surface area (Å²) in [5, 5.41) is 6.50. The summed E-state index contributed by atoms with van der Waals surface area (Å²) in [4.78, 5) is 29.9. The molecule has 1 amide bonds. The first kappa shape index (κ1) is 18.2. The molecule has 0 bridgehead atoms. The lowest BCUT2D eigenvalue weighted by Crippen LogP contribution is -2.42. The van der Waals surface area contributed by atoms with Crippen LogP contribution in [-0.2, 0) is 23.9 Å². The highest BCUT2D eigenvalue weighted by Crippen LogP contribution is 2.41. The number of hydrogen-bond acceptors (Lipinski definition) is 6. The first-order chi connectivity index (χ1) is 10.9. The standard InChI is InChI=1S/C14H16Br2N2O5/c1-21-5-3-4-17-13(20)9-7-14(23-18-9)6-8(15)11(22-2)10(16)12(14)19/h6H,3-5,7H2,1-2H3,(H,17,20). The van der Waals surface area contributed by atoms with Gasteiger partial charge in [-0.05, 0) is 44.4 Å². The minimum absolute atomic E-state index is 0.0587. The van der Waals surface area contributed by atoms with Crippen LogP contribution in [0.15, 0.2) is 26.0 Å². The van der Waals surface area contributed by atoms with Crippen molar-refractivity contribution < 1.29 is 23.9 Å². The highest BCUT2D eigenvalue weighted by molar-refractivity contribution is 9.12. The smallest absolute Gasteiger partial charge is 0.269 e. The summed E-state index contributed by atoms with van der Waals surface area (Å²) in [6, 6.07) is 0. The number of hydrogen-bond donors (Lipinski definition) is 1. The lowest BCUT2D eigenvalue weighted by Gasteiger charge is -2.26. The maximum Gasteiger partial charge on any atom is 0.269 e. The molecule has 2 rings (SSSR count). The summed E-state index contributed by atoms with van der Waals surface area (Å²) in [5.41, 5.74) is -1.15. The second-order valence-corrected chi connectivity index (χ2v) is 6.61. The average molecular weight is 452 g/mol. The maximum atomic E-state index is 12.5. The van der Waals surface area contributed by atoms with Crippen LogP contribution in [0.5, 0.6) is 0 Å². The van der Waals surface area contributed by atoms with Crippen molar-refractivity contribution in [3.8, 4) is 0 Å². The topological polar surface area (TPSA) is 86.2 Å². The third kappa shape index (κ3) is 3.67. The Kier molecular flexibility index (Phi) is 5.99. The third-order valence-corrected chi connectivity index (χ3v) is 4.69. The van der Waals surface area contributed by atoms with E-state index in [0.717, 1.165) is 0 Å². The molecule has 0 radical (unpaired) electrons. The molecule has 0 aromatic heterocycles. The molecule has 0 aromatic rings. The van der Waals surface area contributed by atoms with E-state index in [1.807, 2.05) is 0 Å². The molecule has 1 spiro atoms. The summed E-state index contributed by atoms with van der Waals surface area (Å²) in [6.45, 7) is 1.02. The SMILES string of the molecule is COCCCNC(=O)C1=NOC2(C=C(Br)C(OC)=C(Br)C2=O)C1. The number of rotatable bonds is 6. The molecule has 1 aliphatic carbocycles. The lowest BCUT2D eigenvalue weighted by atomic mass is 9.88. The Bertz CT molecular complexity index is 614. The van der Waals surface area contributed by atoms with Gasteiger partial charge < -0.3 is 19.6 Å². The van der Waals surface area contributed by atoms with E-state index >= 15 is 0 Å². The average Bonchev–Trinajstić information content (AvgIpc) is 2.95. The second-order valence-electron chi connectivity index (χ2n) is 4.97. The van der Waals surface area contributed by atoms with Crippen molar-refractivity contribution in [2.24, 2.45) is 5.16 Å². The molecule has 1 heterocycles. The summed E-state index contributed by atoms with van der Waals surface area (Å²) < 4.78 is 10.9. The number of methoxy groups -OCH3 is 2. The molecule has 7 nitrogen and oxygen atoms in total. The molecule has 1 aliphatic heterocycles. The molecule has 2 aliphatic rings. The minimum Gasteiger partial charge on any atom is -0.494 e. The van der Waals surface area contributed by atoms with Gasteiger partial charge in [-0.2, -0.15) is 0 Å². The number of halogens is 2. The number of oxime groups is 1. The van der Waals surface area contributed by atoms with Gasteiger partial charge in [0, 0.05) is 20.3 Å². The van der Waals surface area contributed by atoms with Gasteiger partial charge in [0.05, 0.1) is 18.0 Å². The molecule has 1 N–H and O–H groups in total. The van der Waals surface area contributed by atoms with Crippen LogP contribution >= 0.6 is 31.9 Å². The number of carbonyl (C=O) groups excluding carboxylic acids is 2. The number of Topliss-reactive ketones (excluding diaryl/α,β-unsaturated/α-hetero) is 1. The van der Waals surface area contributed by atoms with Crippen molar-refractivity contribution in [2.75, 3.05) is 27.4 Å². The van der Waals surface area contributed by atoms with Gasteiger partial charge in [-0.25, -0.2) is 0 Å². The number of ether oxygens (including phenoxy) is 2. The van der Waals surface area contributed by atoms with Crippen molar-refractivity contribution in [1.29, 1.82) is 0 Å². The van der Waals surface area contributed by atoms with Gasteiger partial charge in [-0.15, -0.1) is 0 Å². The summed E-state index contributed by atoms with van der Waals surface area (Å²) >= 11 is 6.55. The normalized spacial score (nSPS) is 23.6. The van der Waals surface area contributed by atoms with Crippen LogP contribution in [0.3, 0.4) is 0 Å². The van der Waals surface area contributed by atoms with Crippen LogP contribution in [0.1, 0.15) is 12.8 Å². The zero-order chi connectivity index (χ0) is 17.0. The monoisotopic (exact) mass is 450 g/mol. The van der Waals surface area contributed by atoms with Crippen LogP contribution < -0.4 is 5.32 Å². The molecule has 9 heteroatoms. The maximum absolute atomic E-state index is 12.5. The summed E-state index contributed by atoms with van der Waals surface area (Å²) in [6.07, 6.45) is 2.31.